The van der Waals surface area contributed by atoms with Crippen molar-refractivity contribution >= 4 is 39.9 Å². The Hall–Kier alpha value is -3.19. The first kappa shape index (κ1) is 18.8. The number of rotatable bonds is 3. The van der Waals surface area contributed by atoms with E-state index in [0.29, 0.717) is 28.8 Å². The summed E-state index contributed by atoms with van der Waals surface area (Å²) in [5.74, 6) is 0.0390. The second-order valence-corrected chi connectivity index (χ2v) is 8.27. The standard InChI is InChI=1S/C23H22N4O2S/c1-14-6-7-19-16(12-14)17-13-26(10-8-20(17)24-19)21(28)9-11-27-22(29)15-4-2-3-5-18(15)25-23(27)30/h2-7,12,24H,8-11,13H2,1H3,(H,25,30). The van der Waals surface area contributed by atoms with Gasteiger partial charge in [-0.05, 0) is 43.4 Å². The summed E-state index contributed by atoms with van der Waals surface area (Å²) in [7, 11) is 0. The van der Waals surface area contributed by atoms with Crippen molar-refractivity contribution < 1.29 is 4.79 Å². The van der Waals surface area contributed by atoms with Gasteiger partial charge in [0.25, 0.3) is 5.56 Å². The summed E-state index contributed by atoms with van der Waals surface area (Å²) in [5.41, 5.74) is 5.30. The van der Waals surface area contributed by atoms with E-state index < -0.39 is 0 Å². The monoisotopic (exact) mass is 418 g/mol. The van der Waals surface area contributed by atoms with Crippen LogP contribution in [0.25, 0.3) is 21.8 Å². The van der Waals surface area contributed by atoms with Crippen molar-refractivity contribution in [3.8, 4) is 0 Å². The van der Waals surface area contributed by atoms with Crippen molar-refractivity contribution in [2.45, 2.75) is 32.9 Å². The Balaban J connectivity index is 1.37. The van der Waals surface area contributed by atoms with Crippen LogP contribution < -0.4 is 5.56 Å². The molecule has 5 rings (SSSR count). The maximum atomic E-state index is 12.9. The van der Waals surface area contributed by atoms with Crippen LogP contribution in [-0.2, 0) is 24.3 Å². The van der Waals surface area contributed by atoms with E-state index >= 15 is 0 Å². The predicted molar refractivity (Wildman–Crippen MR) is 120 cm³/mol. The molecule has 1 amide bonds. The number of benzene rings is 2. The van der Waals surface area contributed by atoms with Crippen molar-refractivity contribution in [3.63, 3.8) is 0 Å². The van der Waals surface area contributed by atoms with Gasteiger partial charge >= 0.3 is 0 Å². The molecule has 2 aromatic carbocycles. The molecule has 1 aliphatic rings. The first-order valence-electron chi connectivity index (χ1n) is 10.1. The molecule has 4 aromatic rings. The maximum Gasteiger partial charge on any atom is 0.262 e. The average Bonchev–Trinajstić information content (AvgIpc) is 3.10. The van der Waals surface area contributed by atoms with Crippen LogP contribution in [0, 0.1) is 11.7 Å². The van der Waals surface area contributed by atoms with E-state index in [9.17, 15) is 9.59 Å². The van der Waals surface area contributed by atoms with E-state index in [0.717, 1.165) is 11.9 Å². The smallest absolute Gasteiger partial charge is 0.262 e. The molecule has 0 bridgehead atoms. The number of carbonyl (C=O) groups is 1. The van der Waals surface area contributed by atoms with E-state index in [1.807, 2.05) is 23.1 Å². The molecule has 0 fully saturated rings. The highest BCUT2D eigenvalue weighted by Gasteiger charge is 2.24. The lowest BCUT2D eigenvalue weighted by Crippen LogP contribution is -2.36. The van der Waals surface area contributed by atoms with Crippen LogP contribution in [0.1, 0.15) is 23.2 Å². The van der Waals surface area contributed by atoms with Crippen LogP contribution in [0.15, 0.2) is 47.3 Å². The minimum absolute atomic E-state index is 0.0390. The largest absolute Gasteiger partial charge is 0.358 e. The second-order valence-electron chi connectivity index (χ2n) is 7.88. The number of nitrogens with one attached hydrogen (secondary N) is 2. The van der Waals surface area contributed by atoms with Crippen LogP contribution in [0.5, 0.6) is 0 Å². The Labute approximate surface area is 178 Å². The quantitative estimate of drug-likeness (QED) is 0.497. The Morgan fingerprint density at radius 3 is 2.77 bits per heavy atom. The van der Waals surface area contributed by atoms with E-state index in [-0.39, 0.29) is 24.4 Å². The van der Waals surface area contributed by atoms with Gasteiger partial charge < -0.3 is 14.9 Å². The summed E-state index contributed by atoms with van der Waals surface area (Å²) < 4.78 is 1.83. The molecule has 0 spiro atoms. The fourth-order valence-electron chi connectivity index (χ4n) is 4.31. The highest BCUT2D eigenvalue weighted by Crippen LogP contribution is 2.28. The van der Waals surface area contributed by atoms with Crippen LogP contribution in [0.2, 0.25) is 0 Å². The second kappa shape index (κ2) is 7.25. The van der Waals surface area contributed by atoms with Crippen LogP contribution in [-0.4, -0.2) is 31.9 Å². The number of hydrogen-bond donors (Lipinski definition) is 2. The summed E-state index contributed by atoms with van der Waals surface area (Å²) in [6.45, 7) is 3.62. The van der Waals surface area contributed by atoms with Crippen molar-refractivity contribution in [1.82, 2.24) is 19.4 Å². The molecule has 2 aromatic heterocycles. The van der Waals surface area contributed by atoms with Gasteiger partial charge in [0, 0.05) is 54.6 Å². The molecular weight excluding hydrogens is 396 g/mol. The Kier molecular flexibility index (Phi) is 4.55. The fourth-order valence-corrected chi connectivity index (χ4v) is 4.59. The van der Waals surface area contributed by atoms with E-state index in [1.165, 1.54) is 26.8 Å². The lowest BCUT2D eigenvalue weighted by molar-refractivity contribution is -0.132. The van der Waals surface area contributed by atoms with E-state index in [2.05, 4.69) is 35.1 Å². The first-order chi connectivity index (χ1) is 14.5. The number of aryl methyl sites for hydroxylation is 1. The van der Waals surface area contributed by atoms with Gasteiger partial charge in [0.05, 0.1) is 10.9 Å². The van der Waals surface area contributed by atoms with Crippen molar-refractivity contribution in [1.29, 1.82) is 0 Å². The number of aromatic nitrogens is 3. The molecule has 30 heavy (non-hydrogen) atoms. The van der Waals surface area contributed by atoms with Gasteiger partial charge in [-0.2, -0.15) is 0 Å². The number of fused-ring (bicyclic) bond motifs is 4. The Morgan fingerprint density at radius 2 is 1.90 bits per heavy atom. The molecule has 6 nitrogen and oxygen atoms in total. The lowest BCUT2D eigenvalue weighted by atomic mass is 10.0. The molecule has 0 saturated carbocycles. The van der Waals surface area contributed by atoms with Crippen LogP contribution in [0.4, 0.5) is 0 Å². The average molecular weight is 419 g/mol. The SMILES string of the molecule is Cc1ccc2[nH]c3c(c2c1)CN(C(=O)CCn1c(=S)[nH]c2ccccc2c1=O)CC3. The minimum atomic E-state index is -0.157. The summed E-state index contributed by atoms with van der Waals surface area (Å²) in [6, 6.07) is 13.7. The zero-order valence-corrected chi connectivity index (χ0v) is 17.5. The minimum Gasteiger partial charge on any atom is -0.358 e. The first-order valence-corrected chi connectivity index (χ1v) is 10.5. The number of aromatic amines is 2. The Bertz CT molecular complexity index is 1410. The van der Waals surface area contributed by atoms with Gasteiger partial charge in [0.15, 0.2) is 4.77 Å². The summed E-state index contributed by atoms with van der Waals surface area (Å²) in [6.07, 6.45) is 1.05. The third-order valence-corrected chi connectivity index (χ3v) is 6.24. The van der Waals surface area contributed by atoms with Crippen LogP contribution in [0.3, 0.4) is 0 Å². The molecule has 2 N–H and O–H groups in total. The number of amides is 1. The Morgan fingerprint density at radius 1 is 1.10 bits per heavy atom. The molecule has 0 atom stereocenters. The molecule has 0 unspecified atom stereocenters. The molecule has 0 radical (unpaired) electrons. The van der Waals surface area contributed by atoms with E-state index in [1.54, 1.807) is 6.07 Å². The fraction of sp³-hybridized carbons (Fsp3) is 0.261. The summed E-state index contributed by atoms with van der Waals surface area (Å²) in [5, 5.41) is 1.77. The lowest BCUT2D eigenvalue weighted by Gasteiger charge is -2.27. The topological polar surface area (TPSA) is 73.9 Å². The molecule has 3 heterocycles. The van der Waals surface area contributed by atoms with Gasteiger partial charge in [0.2, 0.25) is 5.91 Å². The highest BCUT2D eigenvalue weighted by atomic mass is 32.1. The number of para-hydroxylation sites is 1. The van der Waals surface area contributed by atoms with Gasteiger partial charge in [-0.15, -0.1) is 0 Å². The van der Waals surface area contributed by atoms with Gasteiger partial charge in [-0.3, -0.25) is 14.2 Å². The van der Waals surface area contributed by atoms with Crippen molar-refractivity contribution in [2.75, 3.05) is 6.54 Å². The normalized spacial score (nSPS) is 13.7. The molecule has 0 aliphatic carbocycles. The van der Waals surface area contributed by atoms with Crippen LogP contribution >= 0.6 is 12.2 Å². The third kappa shape index (κ3) is 3.15. The maximum absolute atomic E-state index is 12.9. The molecular formula is C23H22N4O2S. The summed E-state index contributed by atoms with van der Waals surface area (Å²) in [4.78, 5) is 34.2. The number of nitrogens with zero attached hydrogens (tertiary/aromatic N) is 2. The summed E-state index contributed by atoms with van der Waals surface area (Å²) >= 11 is 5.36. The zero-order chi connectivity index (χ0) is 20.8. The van der Waals surface area contributed by atoms with Crippen molar-refractivity contribution in [2.24, 2.45) is 0 Å². The predicted octanol–water partition coefficient (Wildman–Crippen LogP) is 3.82. The number of hydrogen-bond acceptors (Lipinski definition) is 3. The van der Waals surface area contributed by atoms with Crippen molar-refractivity contribution in [3.05, 3.63) is 74.4 Å². The molecule has 0 saturated heterocycles. The van der Waals surface area contributed by atoms with Gasteiger partial charge in [-0.25, -0.2) is 0 Å². The zero-order valence-electron chi connectivity index (χ0n) is 16.7. The third-order valence-electron chi connectivity index (χ3n) is 5.92. The number of H-pyrrole nitrogens is 2. The van der Waals surface area contributed by atoms with Gasteiger partial charge in [0.1, 0.15) is 0 Å². The van der Waals surface area contributed by atoms with Gasteiger partial charge in [-0.1, -0.05) is 23.8 Å². The number of carbonyl (C=O) groups excluding carboxylic acids is 1. The molecule has 152 valence electrons. The molecule has 1 aliphatic heterocycles. The highest BCUT2D eigenvalue weighted by molar-refractivity contribution is 7.71. The van der Waals surface area contributed by atoms with E-state index in [4.69, 9.17) is 12.2 Å². The molecule has 7 heteroatoms.